The Balaban J connectivity index is 1.86. The maximum atomic E-state index is 6.01. The smallest absolute Gasteiger partial charge is 0.142 e. The topological polar surface area (TPSA) is 31.5 Å². The quantitative estimate of drug-likeness (QED) is 0.411. The lowest BCUT2D eigenvalue weighted by molar-refractivity contribution is 0.340. The van der Waals surface area contributed by atoms with Gasteiger partial charge in [0.2, 0.25) is 0 Å². The van der Waals surface area contributed by atoms with Crippen LogP contribution in [0.4, 0.5) is 11.4 Å². The number of rotatable bonds is 7. The molecule has 4 heteroatoms. The molecule has 0 saturated carbocycles. The number of benzene rings is 3. The molecule has 0 radical (unpaired) electrons. The van der Waals surface area contributed by atoms with Gasteiger partial charge < -0.3 is 19.5 Å². The van der Waals surface area contributed by atoms with Crippen LogP contribution in [0.5, 0.6) is 5.75 Å². The molecule has 1 aromatic heterocycles. The predicted octanol–water partition coefficient (Wildman–Crippen LogP) is 5.88. The molecule has 4 rings (SSSR count). The van der Waals surface area contributed by atoms with Gasteiger partial charge in [-0.25, -0.2) is 0 Å². The highest BCUT2D eigenvalue weighted by atomic mass is 16.5. The third-order valence-electron chi connectivity index (χ3n) is 5.70. The summed E-state index contributed by atoms with van der Waals surface area (Å²) < 4.78 is 6.01. The molecule has 0 saturated heterocycles. The SMILES string of the molecule is CCOc1cc(C(c2ccc(N(C)C)cc2)c2cc3ccccc3[nH]2)ccc1N(C)C. The number of aromatic amines is 1. The number of hydrogen-bond donors (Lipinski definition) is 1. The first-order chi connectivity index (χ1) is 15.0. The third-order valence-corrected chi connectivity index (χ3v) is 5.70. The molecule has 0 spiro atoms. The van der Waals surface area contributed by atoms with E-state index in [4.69, 9.17) is 4.74 Å². The van der Waals surface area contributed by atoms with Crippen molar-refractivity contribution in [1.82, 2.24) is 4.98 Å². The molecule has 0 aliphatic heterocycles. The fourth-order valence-electron chi connectivity index (χ4n) is 4.12. The van der Waals surface area contributed by atoms with Crippen molar-refractivity contribution in [2.45, 2.75) is 12.8 Å². The summed E-state index contributed by atoms with van der Waals surface area (Å²) in [5.41, 5.74) is 7.07. The molecule has 160 valence electrons. The number of aromatic nitrogens is 1. The Labute approximate surface area is 185 Å². The van der Waals surface area contributed by atoms with Gasteiger partial charge in [-0.3, -0.25) is 0 Å². The Morgan fingerprint density at radius 2 is 1.52 bits per heavy atom. The van der Waals surface area contributed by atoms with Crippen molar-refractivity contribution in [3.05, 3.63) is 89.6 Å². The third kappa shape index (κ3) is 4.24. The lowest BCUT2D eigenvalue weighted by Crippen LogP contribution is -2.12. The van der Waals surface area contributed by atoms with Crippen LogP contribution >= 0.6 is 0 Å². The van der Waals surface area contributed by atoms with Crippen LogP contribution in [0.25, 0.3) is 10.9 Å². The minimum atomic E-state index is 0.0824. The van der Waals surface area contributed by atoms with Gasteiger partial charge in [0, 0.05) is 51.0 Å². The first-order valence-electron chi connectivity index (χ1n) is 10.8. The van der Waals surface area contributed by atoms with Crippen molar-refractivity contribution in [2.75, 3.05) is 44.6 Å². The Morgan fingerprint density at radius 1 is 0.806 bits per heavy atom. The molecular weight excluding hydrogens is 382 g/mol. The molecule has 0 bridgehead atoms. The van der Waals surface area contributed by atoms with Crippen molar-refractivity contribution in [3.63, 3.8) is 0 Å². The summed E-state index contributed by atoms with van der Waals surface area (Å²) >= 11 is 0. The maximum absolute atomic E-state index is 6.01. The van der Waals surface area contributed by atoms with Crippen LogP contribution in [-0.4, -0.2) is 39.8 Å². The Kier molecular flexibility index (Phi) is 5.90. The average molecular weight is 414 g/mol. The van der Waals surface area contributed by atoms with Crippen molar-refractivity contribution in [1.29, 1.82) is 0 Å². The highest BCUT2D eigenvalue weighted by molar-refractivity contribution is 5.81. The predicted molar refractivity (Wildman–Crippen MR) is 132 cm³/mol. The van der Waals surface area contributed by atoms with Crippen LogP contribution in [0.15, 0.2) is 72.8 Å². The van der Waals surface area contributed by atoms with E-state index in [9.17, 15) is 0 Å². The number of ether oxygens (including phenoxy) is 1. The molecule has 31 heavy (non-hydrogen) atoms. The largest absolute Gasteiger partial charge is 0.492 e. The first kappa shape index (κ1) is 20.9. The van der Waals surface area contributed by atoms with Crippen molar-refractivity contribution < 1.29 is 4.74 Å². The van der Waals surface area contributed by atoms with Crippen molar-refractivity contribution in [3.8, 4) is 5.75 Å². The minimum absolute atomic E-state index is 0.0824. The van der Waals surface area contributed by atoms with Gasteiger partial charge in [-0.15, -0.1) is 0 Å². The molecular formula is C27H31N3O. The molecule has 1 unspecified atom stereocenters. The second-order valence-electron chi connectivity index (χ2n) is 8.29. The second-order valence-corrected chi connectivity index (χ2v) is 8.29. The lowest BCUT2D eigenvalue weighted by atomic mass is 9.88. The van der Waals surface area contributed by atoms with Crippen molar-refractivity contribution in [2.24, 2.45) is 0 Å². The summed E-state index contributed by atoms with van der Waals surface area (Å²) in [6.07, 6.45) is 0. The van der Waals surface area contributed by atoms with E-state index in [1.54, 1.807) is 0 Å². The highest BCUT2D eigenvalue weighted by Gasteiger charge is 2.21. The van der Waals surface area contributed by atoms with Crippen LogP contribution in [0.2, 0.25) is 0 Å². The minimum Gasteiger partial charge on any atom is -0.492 e. The van der Waals surface area contributed by atoms with Gasteiger partial charge in [0.1, 0.15) is 5.75 Å². The number of nitrogens with zero attached hydrogens (tertiary/aromatic N) is 2. The van der Waals surface area contributed by atoms with E-state index in [0.29, 0.717) is 6.61 Å². The van der Waals surface area contributed by atoms with Crippen LogP contribution in [0, 0.1) is 0 Å². The highest BCUT2D eigenvalue weighted by Crippen LogP contribution is 2.38. The van der Waals surface area contributed by atoms with Gasteiger partial charge >= 0.3 is 0 Å². The van der Waals surface area contributed by atoms with Crippen LogP contribution in [-0.2, 0) is 0 Å². The van der Waals surface area contributed by atoms with Gasteiger partial charge in [-0.1, -0.05) is 36.4 Å². The van der Waals surface area contributed by atoms with Gasteiger partial charge in [0.05, 0.1) is 12.3 Å². The number of fused-ring (bicyclic) bond motifs is 1. The summed E-state index contributed by atoms with van der Waals surface area (Å²) in [6, 6.07) is 26.1. The fourth-order valence-corrected chi connectivity index (χ4v) is 4.12. The molecule has 0 aliphatic rings. The number of hydrogen-bond acceptors (Lipinski definition) is 3. The number of anilines is 2. The molecule has 0 fully saturated rings. The zero-order chi connectivity index (χ0) is 22.0. The molecule has 0 amide bonds. The molecule has 1 heterocycles. The van der Waals surface area contributed by atoms with E-state index in [-0.39, 0.29) is 5.92 Å². The van der Waals surface area contributed by atoms with E-state index in [0.717, 1.165) is 17.0 Å². The number of H-pyrrole nitrogens is 1. The van der Waals surface area contributed by atoms with E-state index in [2.05, 4.69) is 102 Å². The molecule has 4 nitrogen and oxygen atoms in total. The standard InChI is InChI=1S/C27H31N3O/c1-6-31-26-18-21(13-16-25(26)30(4)5)27(19-11-14-22(15-12-19)29(2)3)24-17-20-9-7-8-10-23(20)28-24/h7-18,27-28H,6H2,1-5H3. The van der Waals surface area contributed by atoms with Gasteiger partial charge in [0.25, 0.3) is 0 Å². The molecule has 4 aromatic rings. The summed E-state index contributed by atoms with van der Waals surface area (Å²) in [6.45, 7) is 2.67. The zero-order valence-corrected chi connectivity index (χ0v) is 19.0. The first-order valence-corrected chi connectivity index (χ1v) is 10.8. The van der Waals surface area contributed by atoms with Crippen LogP contribution < -0.4 is 14.5 Å². The summed E-state index contributed by atoms with van der Waals surface area (Å²) in [7, 11) is 8.23. The van der Waals surface area contributed by atoms with Crippen LogP contribution in [0.1, 0.15) is 29.7 Å². The molecule has 1 atom stereocenters. The van der Waals surface area contributed by atoms with E-state index in [1.165, 1.54) is 27.9 Å². The second kappa shape index (κ2) is 8.76. The van der Waals surface area contributed by atoms with Gasteiger partial charge in [0.15, 0.2) is 0 Å². The summed E-state index contributed by atoms with van der Waals surface area (Å²) in [5.74, 6) is 0.995. The average Bonchev–Trinajstić information content (AvgIpc) is 3.18. The van der Waals surface area contributed by atoms with E-state index < -0.39 is 0 Å². The summed E-state index contributed by atoms with van der Waals surface area (Å²) in [4.78, 5) is 7.88. The fraction of sp³-hybridized carbons (Fsp3) is 0.259. The normalized spacial score (nSPS) is 12.0. The maximum Gasteiger partial charge on any atom is 0.142 e. The number of nitrogens with one attached hydrogen (secondary N) is 1. The van der Waals surface area contributed by atoms with E-state index in [1.807, 2.05) is 21.0 Å². The monoisotopic (exact) mass is 413 g/mol. The van der Waals surface area contributed by atoms with Crippen LogP contribution in [0.3, 0.4) is 0 Å². The van der Waals surface area contributed by atoms with Crippen molar-refractivity contribution >= 4 is 22.3 Å². The molecule has 1 N–H and O–H groups in total. The zero-order valence-electron chi connectivity index (χ0n) is 19.0. The Bertz CT molecular complexity index is 1130. The molecule has 3 aromatic carbocycles. The van der Waals surface area contributed by atoms with Gasteiger partial charge in [-0.05, 0) is 59.8 Å². The number of para-hydroxylation sites is 1. The Morgan fingerprint density at radius 3 is 2.16 bits per heavy atom. The van der Waals surface area contributed by atoms with Gasteiger partial charge in [-0.2, -0.15) is 0 Å². The lowest BCUT2D eigenvalue weighted by Gasteiger charge is -2.23. The van der Waals surface area contributed by atoms with E-state index >= 15 is 0 Å². The summed E-state index contributed by atoms with van der Waals surface area (Å²) in [5, 5.41) is 1.22. The Hall–Kier alpha value is -3.40. The molecule has 0 aliphatic carbocycles.